The summed E-state index contributed by atoms with van der Waals surface area (Å²) < 4.78 is 5.50. The Labute approximate surface area is 112 Å². The first-order valence-electron chi connectivity index (χ1n) is 5.24. The first-order valence-corrected chi connectivity index (χ1v) is 6.04. The number of nitrogens with zero attached hydrogens (tertiary/aromatic N) is 2. The zero-order valence-corrected chi connectivity index (χ0v) is 11.4. The molecule has 2 N–H and O–H groups in total. The van der Waals surface area contributed by atoms with E-state index in [0.29, 0.717) is 17.5 Å². The van der Waals surface area contributed by atoms with E-state index in [1.54, 1.807) is 0 Å². The minimum absolute atomic E-state index is 0.0364. The zero-order chi connectivity index (χ0) is 13.5. The predicted octanol–water partition coefficient (Wildman–Crippen LogP) is 1.56. The SMILES string of the molecule is COCC(CCO)Nc1ncc(Br)cc1[N+](=O)[O-]. The Hall–Kier alpha value is -1.25. The highest BCUT2D eigenvalue weighted by Gasteiger charge is 2.19. The molecule has 1 aromatic heterocycles. The van der Waals surface area contributed by atoms with E-state index in [4.69, 9.17) is 9.84 Å². The number of aromatic nitrogens is 1. The van der Waals surface area contributed by atoms with Crippen molar-refractivity contribution in [2.45, 2.75) is 12.5 Å². The minimum atomic E-state index is -0.511. The largest absolute Gasteiger partial charge is 0.396 e. The van der Waals surface area contributed by atoms with Crippen LogP contribution in [0.25, 0.3) is 0 Å². The standard InChI is InChI=1S/C10H14BrN3O4/c1-18-6-8(2-3-15)13-10-9(14(16)17)4-7(11)5-12-10/h4-5,8,15H,2-3,6H2,1H3,(H,12,13). The molecular weight excluding hydrogens is 306 g/mol. The average Bonchev–Trinajstić information content (AvgIpc) is 2.32. The second-order valence-corrected chi connectivity index (χ2v) is 4.50. The maximum absolute atomic E-state index is 10.9. The van der Waals surface area contributed by atoms with E-state index in [1.807, 2.05) is 0 Å². The summed E-state index contributed by atoms with van der Waals surface area (Å²) >= 11 is 3.13. The van der Waals surface area contributed by atoms with E-state index in [-0.39, 0.29) is 24.2 Å². The molecule has 0 spiro atoms. The number of ether oxygens (including phenoxy) is 1. The summed E-state index contributed by atoms with van der Waals surface area (Å²) in [5, 5.41) is 22.7. The zero-order valence-electron chi connectivity index (χ0n) is 9.80. The van der Waals surface area contributed by atoms with Gasteiger partial charge in [0.25, 0.3) is 0 Å². The van der Waals surface area contributed by atoms with Crippen LogP contribution >= 0.6 is 15.9 Å². The Bertz CT molecular complexity index is 410. The molecule has 18 heavy (non-hydrogen) atoms. The number of nitro groups is 1. The van der Waals surface area contributed by atoms with E-state index in [1.165, 1.54) is 19.4 Å². The molecule has 0 aliphatic rings. The molecule has 100 valence electrons. The highest BCUT2D eigenvalue weighted by atomic mass is 79.9. The van der Waals surface area contributed by atoms with Gasteiger partial charge in [-0.1, -0.05) is 0 Å². The van der Waals surface area contributed by atoms with Crippen LogP contribution in [0, 0.1) is 10.1 Å². The molecule has 0 amide bonds. The molecule has 8 heteroatoms. The van der Waals surface area contributed by atoms with Gasteiger partial charge in [0, 0.05) is 30.5 Å². The fourth-order valence-electron chi connectivity index (χ4n) is 1.43. The van der Waals surface area contributed by atoms with Crippen LogP contribution in [0.3, 0.4) is 0 Å². The van der Waals surface area contributed by atoms with Gasteiger partial charge in [-0.2, -0.15) is 0 Å². The molecule has 0 aliphatic heterocycles. The Morgan fingerprint density at radius 3 is 3.00 bits per heavy atom. The third-order valence-electron chi connectivity index (χ3n) is 2.22. The molecule has 0 radical (unpaired) electrons. The van der Waals surface area contributed by atoms with Gasteiger partial charge in [0.05, 0.1) is 17.6 Å². The molecule has 0 aliphatic carbocycles. The summed E-state index contributed by atoms with van der Waals surface area (Å²) in [5.74, 6) is 0.165. The molecular formula is C10H14BrN3O4. The second kappa shape index (κ2) is 7.24. The van der Waals surface area contributed by atoms with Crippen molar-refractivity contribution >= 4 is 27.4 Å². The molecule has 0 aromatic carbocycles. The van der Waals surface area contributed by atoms with Crippen molar-refractivity contribution in [1.29, 1.82) is 0 Å². The van der Waals surface area contributed by atoms with E-state index >= 15 is 0 Å². The molecule has 1 atom stereocenters. The number of aliphatic hydroxyl groups excluding tert-OH is 1. The van der Waals surface area contributed by atoms with Gasteiger partial charge in [-0.3, -0.25) is 10.1 Å². The molecule has 0 saturated carbocycles. The first-order chi connectivity index (χ1) is 8.58. The number of pyridine rings is 1. The monoisotopic (exact) mass is 319 g/mol. The van der Waals surface area contributed by atoms with E-state index in [9.17, 15) is 10.1 Å². The lowest BCUT2D eigenvalue weighted by Crippen LogP contribution is -2.27. The summed E-state index contributed by atoms with van der Waals surface area (Å²) in [6, 6.07) is 1.14. The molecule has 1 heterocycles. The van der Waals surface area contributed by atoms with Crippen LogP contribution in [0.1, 0.15) is 6.42 Å². The summed E-state index contributed by atoms with van der Waals surface area (Å²) in [7, 11) is 1.52. The van der Waals surface area contributed by atoms with Crippen LogP contribution in [0.5, 0.6) is 0 Å². The lowest BCUT2D eigenvalue weighted by Gasteiger charge is -2.17. The number of methoxy groups -OCH3 is 1. The number of anilines is 1. The predicted molar refractivity (Wildman–Crippen MR) is 69.6 cm³/mol. The van der Waals surface area contributed by atoms with Gasteiger partial charge >= 0.3 is 5.69 Å². The van der Waals surface area contributed by atoms with Crippen molar-refractivity contribution in [1.82, 2.24) is 4.98 Å². The van der Waals surface area contributed by atoms with Crippen LogP contribution in [-0.2, 0) is 4.74 Å². The highest BCUT2D eigenvalue weighted by molar-refractivity contribution is 9.10. The Balaban J connectivity index is 2.90. The van der Waals surface area contributed by atoms with E-state index in [0.717, 1.165) is 0 Å². The fourth-order valence-corrected chi connectivity index (χ4v) is 1.75. The maximum Gasteiger partial charge on any atom is 0.312 e. The molecule has 1 unspecified atom stereocenters. The number of hydrogen-bond acceptors (Lipinski definition) is 6. The van der Waals surface area contributed by atoms with Crippen LogP contribution < -0.4 is 5.32 Å². The van der Waals surface area contributed by atoms with E-state index in [2.05, 4.69) is 26.2 Å². The molecule has 0 saturated heterocycles. The molecule has 7 nitrogen and oxygen atoms in total. The van der Waals surface area contributed by atoms with Gasteiger partial charge in [0.1, 0.15) is 0 Å². The topological polar surface area (TPSA) is 97.5 Å². The minimum Gasteiger partial charge on any atom is -0.396 e. The number of aliphatic hydroxyl groups is 1. The maximum atomic E-state index is 10.9. The van der Waals surface area contributed by atoms with Crippen molar-refractivity contribution in [2.75, 3.05) is 25.6 Å². The first kappa shape index (κ1) is 14.8. The molecule has 1 aromatic rings. The summed E-state index contributed by atoms with van der Waals surface area (Å²) in [5.41, 5.74) is -0.122. The summed E-state index contributed by atoms with van der Waals surface area (Å²) in [6.45, 7) is 0.292. The number of rotatable bonds is 7. The van der Waals surface area contributed by atoms with Gasteiger partial charge in [0.2, 0.25) is 5.82 Å². The smallest absolute Gasteiger partial charge is 0.312 e. The van der Waals surface area contributed by atoms with Gasteiger partial charge < -0.3 is 15.2 Å². The third kappa shape index (κ3) is 4.21. The number of halogens is 1. The second-order valence-electron chi connectivity index (χ2n) is 3.59. The summed E-state index contributed by atoms with van der Waals surface area (Å²) in [4.78, 5) is 14.4. The highest BCUT2D eigenvalue weighted by Crippen LogP contribution is 2.26. The van der Waals surface area contributed by atoms with Gasteiger partial charge in [-0.15, -0.1) is 0 Å². The molecule has 1 rings (SSSR count). The van der Waals surface area contributed by atoms with Crippen molar-refractivity contribution in [3.05, 3.63) is 26.9 Å². The normalized spacial score (nSPS) is 12.2. The van der Waals surface area contributed by atoms with Crippen LogP contribution in [0.4, 0.5) is 11.5 Å². The quantitative estimate of drug-likeness (QED) is 0.584. The molecule has 0 fully saturated rings. The number of hydrogen-bond donors (Lipinski definition) is 2. The van der Waals surface area contributed by atoms with Gasteiger partial charge in [-0.25, -0.2) is 4.98 Å². The van der Waals surface area contributed by atoms with Crippen molar-refractivity contribution in [3.8, 4) is 0 Å². The Morgan fingerprint density at radius 1 is 1.72 bits per heavy atom. The lowest BCUT2D eigenvalue weighted by molar-refractivity contribution is -0.384. The average molecular weight is 320 g/mol. The van der Waals surface area contributed by atoms with Crippen molar-refractivity contribution in [2.24, 2.45) is 0 Å². The van der Waals surface area contributed by atoms with Crippen molar-refractivity contribution < 1.29 is 14.8 Å². The van der Waals surface area contributed by atoms with Gasteiger partial charge in [0.15, 0.2) is 0 Å². The van der Waals surface area contributed by atoms with Crippen molar-refractivity contribution in [3.63, 3.8) is 0 Å². The fraction of sp³-hybridized carbons (Fsp3) is 0.500. The van der Waals surface area contributed by atoms with Gasteiger partial charge in [-0.05, 0) is 22.4 Å². The van der Waals surface area contributed by atoms with E-state index < -0.39 is 4.92 Å². The van der Waals surface area contributed by atoms with Crippen LogP contribution in [0.15, 0.2) is 16.7 Å². The third-order valence-corrected chi connectivity index (χ3v) is 2.65. The number of nitrogens with one attached hydrogen (secondary N) is 1. The summed E-state index contributed by atoms with van der Waals surface area (Å²) in [6.07, 6.45) is 1.89. The Morgan fingerprint density at radius 2 is 2.44 bits per heavy atom. The Kier molecular flexibility index (Phi) is 5.96. The van der Waals surface area contributed by atoms with Crippen LogP contribution in [-0.4, -0.2) is 41.4 Å². The van der Waals surface area contributed by atoms with Crippen LogP contribution in [0.2, 0.25) is 0 Å². The lowest BCUT2D eigenvalue weighted by atomic mass is 10.2. The molecule has 0 bridgehead atoms.